The van der Waals surface area contributed by atoms with Crippen LogP contribution >= 0.6 is 0 Å². The summed E-state index contributed by atoms with van der Waals surface area (Å²) in [7, 11) is 0. The third-order valence-electron chi connectivity index (χ3n) is 3.31. The van der Waals surface area contributed by atoms with Gasteiger partial charge in [0, 0.05) is 12.5 Å². The van der Waals surface area contributed by atoms with Crippen molar-refractivity contribution in [3.63, 3.8) is 0 Å². The Hall–Kier alpha value is -1.18. The topological polar surface area (TPSA) is 124 Å². The number of carboxylic acid groups (broad SMARTS) is 2. The third-order valence-corrected chi connectivity index (χ3v) is 3.31. The Morgan fingerprint density at radius 3 is 2.47 bits per heavy atom. The molecule has 7 heteroatoms. The summed E-state index contributed by atoms with van der Waals surface area (Å²) in [4.78, 5) is 21.8. The second-order valence-electron chi connectivity index (χ2n) is 4.25. The molecule has 1 saturated carbocycles. The van der Waals surface area contributed by atoms with E-state index < -0.39 is 29.3 Å². The first kappa shape index (κ1) is 10.3. The summed E-state index contributed by atoms with van der Waals surface area (Å²) in [6.07, 6.45) is 0. The Labute approximate surface area is 85.0 Å². The summed E-state index contributed by atoms with van der Waals surface area (Å²) < 4.78 is 0. The minimum atomic E-state index is -1.65. The highest BCUT2D eigenvalue weighted by Gasteiger charge is 2.69. The molecule has 0 aromatic rings. The molecule has 5 N–H and O–H groups in total. The number of nitrogens with two attached hydrogens (primary N) is 1. The fourth-order valence-electron chi connectivity index (χ4n) is 2.57. The molecule has 1 heterocycles. The van der Waals surface area contributed by atoms with Crippen molar-refractivity contribution in [2.75, 3.05) is 13.1 Å². The highest BCUT2D eigenvalue weighted by molar-refractivity contribution is 5.84. The highest BCUT2D eigenvalue weighted by atomic mass is 16.5. The van der Waals surface area contributed by atoms with Crippen LogP contribution in [0.5, 0.6) is 0 Å². The number of piperidine rings is 1. The first-order valence-electron chi connectivity index (χ1n) is 4.57. The molecule has 0 spiro atoms. The van der Waals surface area contributed by atoms with Crippen LogP contribution in [-0.2, 0) is 9.59 Å². The van der Waals surface area contributed by atoms with Crippen molar-refractivity contribution in [2.24, 2.45) is 23.5 Å². The van der Waals surface area contributed by atoms with Crippen LogP contribution in [0.25, 0.3) is 0 Å². The molecule has 0 amide bonds. The maximum atomic E-state index is 11.0. The zero-order valence-electron chi connectivity index (χ0n) is 7.83. The molecule has 0 radical (unpaired) electrons. The van der Waals surface area contributed by atoms with Crippen molar-refractivity contribution in [2.45, 2.75) is 5.54 Å². The van der Waals surface area contributed by atoms with Gasteiger partial charge in [-0.1, -0.05) is 0 Å². The molecule has 7 nitrogen and oxygen atoms in total. The highest BCUT2D eigenvalue weighted by Crippen LogP contribution is 2.55. The predicted octanol–water partition coefficient (Wildman–Crippen LogP) is -1.58. The van der Waals surface area contributed by atoms with E-state index in [1.165, 1.54) is 0 Å². The van der Waals surface area contributed by atoms with Crippen LogP contribution < -0.4 is 5.73 Å². The monoisotopic (exact) mass is 216 g/mol. The summed E-state index contributed by atoms with van der Waals surface area (Å²) in [6, 6.07) is 0. The Morgan fingerprint density at radius 1 is 1.40 bits per heavy atom. The maximum Gasteiger partial charge on any atom is 0.325 e. The van der Waals surface area contributed by atoms with Crippen molar-refractivity contribution in [1.82, 2.24) is 5.06 Å². The average molecular weight is 216 g/mol. The number of nitrogens with zero attached hydrogens (tertiary/aromatic N) is 1. The van der Waals surface area contributed by atoms with E-state index in [1.54, 1.807) is 0 Å². The van der Waals surface area contributed by atoms with E-state index in [9.17, 15) is 14.8 Å². The standard InChI is InChI=1S/C8H12N2O5/c9-8(7(13)14)2-10(15)1-3-4(5(3)8)6(11)12/h3-5,15H,1-2,9H2,(H,11,12)(H,13,14)/t3-,4?,5-,8-/m0/s1. The van der Waals surface area contributed by atoms with Gasteiger partial charge in [0.15, 0.2) is 0 Å². The van der Waals surface area contributed by atoms with Crippen molar-refractivity contribution < 1.29 is 25.0 Å². The molecule has 0 bridgehead atoms. The molecule has 15 heavy (non-hydrogen) atoms. The number of hydrogen-bond donors (Lipinski definition) is 4. The summed E-state index contributed by atoms with van der Waals surface area (Å²) in [5.41, 5.74) is 3.99. The van der Waals surface area contributed by atoms with Gasteiger partial charge in [-0.25, -0.2) is 0 Å². The molecular weight excluding hydrogens is 204 g/mol. The van der Waals surface area contributed by atoms with Gasteiger partial charge in [-0.05, 0) is 5.92 Å². The first-order chi connectivity index (χ1) is 6.88. The minimum Gasteiger partial charge on any atom is -0.481 e. The normalized spacial score (nSPS) is 44.5. The predicted molar refractivity (Wildman–Crippen MR) is 46.0 cm³/mol. The molecule has 84 valence electrons. The molecule has 0 aromatic heterocycles. The first-order valence-corrected chi connectivity index (χ1v) is 4.57. The molecule has 1 unspecified atom stereocenters. The van der Waals surface area contributed by atoms with E-state index in [-0.39, 0.29) is 19.0 Å². The van der Waals surface area contributed by atoms with E-state index in [0.29, 0.717) is 0 Å². The fraction of sp³-hybridized carbons (Fsp3) is 0.750. The number of hydroxylamine groups is 2. The van der Waals surface area contributed by atoms with E-state index in [4.69, 9.17) is 15.9 Å². The van der Waals surface area contributed by atoms with E-state index in [1.807, 2.05) is 0 Å². The van der Waals surface area contributed by atoms with Gasteiger partial charge in [-0.15, -0.1) is 0 Å². The molecular formula is C8H12N2O5. The summed E-state index contributed by atoms with van der Waals surface area (Å²) >= 11 is 0. The zero-order chi connectivity index (χ0) is 11.4. The Kier molecular flexibility index (Phi) is 2.00. The number of aliphatic carboxylic acids is 2. The lowest BCUT2D eigenvalue weighted by Gasteiger charge is -2.33. The van der Waals surface area contributed by atoms with E-state index in [2.05, 4.69) is 0 Å². The van der Waals surface area contributed by atoms with Gasteiger partial charge < -0.3 is 21.2 Å². The molecule has 1 aliphatic heterocycles. The number of hydrogen-bond acceptors (Lipinski definition) is 5. The fourth-order valence-corrected chi connectivity index (χ4v) is 2.57. The molecule has 1 aliphatic carbocycles. The number of rotatable bonds is 2. The molecule has 2 fully saturated rings. The van der Waals surface area contributed by atoms with Gasteiger partial charge in [-0.3, -0.25) is 9.59 Å². The van der Waals surface area contributed by atoms with Crippen LogP contribution in [0.15, 0.2) is 0 Å². The lowest BCUT2D eigenvalue weighted by molar-refractivity contribution is -0.161. The van der Waals surface area contributed by atoms with E-state index >= 15 is 0 Å². The summed E-state index contributed by atoms with van der Waals surface area (Å²) in [5.74, 6) is -3.99. The largest absolute Gasteiger partial charge is 0.481 e. The lowest BCUT2D eigenvalue weighted by atomic mass is 9.89. The second-order valence-corrected chi connectivity index (χ2v) is 4.25. The third kappa shape index (κ3) is 1.31. The van der Waals surface area contributed by atoms with Crippen molar-refractivity contribution in [1.29, 1.82) is 0 Å². The van der Waals surface area contributed by atoms with Crippen LogP contribution in [0.3, 0.4) is 0 Å². The van der Waals surface area contributed by atoms with Gasteiger partial charge in [0.2, 0.25) is 0 Å². The van der Waals surface area contributed by atoms with Gasteiger partial charge in [-0.2, -0.15) is 5.06 Å². The summed E-state index contributed by atoms with van der Waals surface area (Å²) in [5, 5.41) is 27.9. The molecule has 1 saturated heterocycles. The lowest BCUT2D eigenvalue weighted by Crippen LogP contribution is -2.60. The Bertz CT molecular complexity index is 333. The van der Waals surface area contributed by atoms with Crippen molar-refractivity contribution >= 4 is 11.9 Å². The maximum absolute atomic E-state index is 11.0. The zero-order valence-corrected chi connectivity index (χ0v) is 7.83. The van der Waals surface area contributed by atoms with Crippen LogP contribution in [-0.4, -0.2) is 51.1 Å². The van der Waals surface area contributed by atoms with Crippen LogP contribution in [0.2, 0.25) is 0 Å². The Balaban J connectivity index is 2.26. The average Bonchev–Trinajstić information content (AvgIpc) is 2.77. The molecule has 2 rings (SSSR count). The van der Waals surface area contributed by atoms with Gasteiger partial charge in [0.05, 0.1) is 12.5 Å². The smallest absolute Gasteiger partial charge is 0.325 e. The van der Waals surface area contributed by atoms with Crippen molar-refractivity contribution in [3.05, 3.63) is 0 Å². The second kappa shape index (κ2) is 2.91. The van der Waals surface area contributed by atoms with Crippen LogP contribution in [0, 0.1) is 17.8 Å². The van der Waals surface area contributed by atoms with E-state index in [0.717, 1.165) is 5.06 Å². The summed E-state index contributed by atoms with van der Waals surface area (Å²) in [6.45, 7) is -0.0544. The quantitative estimate of drug-likeness (QED) is 0.439. The van der Waals surface area contributed by atoms with Gasteiger partial charge >= 0.3 is 11.9 Å². The SMILES string of the molecule is N[C@@]1(C(=O)O)CN(O)C[C@H]2C(C(=O)O)[C@H]21. The van der Waals surface area contributed by atoms with Crippen LogP contribution in [0.4, 0.5) is 0 Å². The number of fused-ring (bicyclic) bond motifs is 1. The number of carbonyl (C=O) groups is 2. The Morgan fingerprint density at radius 2 is 2.00 bits per heavy atom. The van der Waals surface area contributed by atoms with Gasteiger partial charge in [0.1, 0.15) is 5.54 Å². The molecule has 4 atom stereocenters. The molecule has 0 aromatic carbocycles. The molecule has 2 aliphatic rings. The minimum absolute atomic E-state index is 0.174. The van der Waals surface area contributed by atoms with Gasteiger partial charge in [0.25, 0.3) is 0 Å². The van der Waals surface area contributed by atoms with Crippen molar-refractivity contribution in [3.8, 4) is 0 Å². The van der Waals surface area contributed by atoms with Crippen LogP contribution in [0.1, 0.15) is 0 Å². The number of carboxylic acids is 2.